The minimum Gasteiger partial charge on any atom is -0.494 e. The molecule has 0 bridgehead atoms. The first kappa shape index (κ1) is 26.6. The molecule has 2 amide bonds. The Morgan fingerprint density at radius 2 is 1.90 bits per heavy atom. The topological polar surface area (TPSA) is 108 Å². The van der Waals surface area contributed by atoms with Crippen LogP contribution in [-0.2, 0) is 13.0 Å². The number of carbonyl (C=O) groups excluding carboxylic acids is 1. The van der Waals surface area contributed by atoms with E-state index in [0.29, 0.717) is 40.5 Å². The Bertz CT molecular complexity index is 1600. The second kappa shape index (κ2) is 11.8. The normalized spacial score (nSPS) is 11.9. The molecule has 2 heterocycles. The summed E-state index contributed by atoms with van der Waals surface area (Å²) in [5, 5.41) is 15.3. The minimum absolute atomic E-state index is 0.243. The number of hydrogen-bond acceptors (Lipinski definition) is 4. The highest BCUT2D eigenvalue weighted by Gasteiger charge is 2.22. The third kappa shape index (κ3) is 6.19. The van der Waals surface area contributed by atoms with Gasteiger partial charge in [0, 0.05) is 33.8 Å². The summed E-state index contributed by atoms with van der Waals surface area (Å²) in [5.74, 6) is 1.22. The Morgan fingerprint density at radius 3 is 2.69 bits per heavy atom. The van der Waals surface area contributed by atoms with Gasteiger partial charge in [-0.05, 0) is 50.1 Å². The molecule has 0 saturated heterocycles. The zero-order valence-corrected chi connectivity index (χ0v) is 23.0. The van der Waals surface area contributed by atoms with Crippen LogP contribution in [0.1, 0.15) is 35.6 Å². The molecular weight excluding hydrogens is 535 g/mol. The molecule has 39 heavy (non-hydrogen) atoms. The number of H-pyrrole nitrogens is 2. The van der Waals surface area contributed by atoms with Crippen molar-refractivity contribution in [2.45, 2.75) is 32.9 Å². The van der Waals surface area contributed by atoms with E-state index in [1.54, 1.807) is 18.2 Å². The van der Waals surface area contributed by atoms with Gasteiger partial charge in [0.15, 0.2) is 0 Å². The van der Waals surface area contributed by atoms with Gasteiger partial charge in [-0.25, -0.2) is 9.78 Å². The van der Waals surface area contributed by atoms with Crippen molar-refractivity contribution in [3.05, 3.63) is 99.6 Å². The summed E-state index contributed by atoms with van der Waals surface area (Å²) in [6.45, 7) is 4.63. The summed E-state index contributed by atoms with van der Waals surface area (Å²) in [4.78, 5) is 21.1. The molecule has 0 aliphatic heterocycles. The molecule has 200 valence electrons. The summed E-state index contributed by atoms with van der Waals surface area (Å²) < 4.78 is 5.67. The fourth-order valence-corrected chi connectivity index (χ4v) is 4.89. The molecule has 3 aromatic carbocycles. The Balaban J connectivity index is 1.38. The van der Waals surface area contributed by atoms with Gasteiger partial charge in [0.2, 0.25) is 0 Å². The van der Waals surface area contributed by atoms with E-state index in [2.05, 4.69) is 25.8 Å². The standard InChI is InChI=1S/C29H28Cl2N6O2/c1-3-39-25-12-10-21(30)14-20(25)16-32-29(38)33-24(13-18-7-5-4-6-8-18)28-34-26(27(31)35-28)19-9-11-22-17(2)36-37-23(22)15-19/h4-12,14-15,24H,3,13,16H2,1-2H3,(H,34,35)(H,36,37)(H2,32,33,38)/t24-/m0/s1. The lowest BCUT2D eigenvalue weighted by Crippen LogP contribution is -2.38. The number of aromatic nitrogens is 4. The lowest BCUT2D eigenvalue weighted by Gasteiger charge is -2.18. The summed E-state index contributed by atoms with van der Waals surface area (Å²) in [6.07, 6.45) is 0.510. The van der Waals surface area contributed by atoms with Crippen molar-refractivity contribution in [1.29, 1.82) is 0 Å². The number of ether oxygens (including phenoxy) is 1. The van der Waals surface area contributed by atoms with Gasteiger partial charge in [-0.2, -0.15) is 5.10 Å². The molecule has 1 atom stereocenters. The van der Waals surface area contributed by atoms with Crippen LogP contribution in [0.4, 0.5) is 4.79 Å². The van der Waals surface area contributed by atoms with Crippen LogP contribution in [0.3, 0.4) is 0 Å². The third-order valence-corrected chi connectivity index (χ3v) is 6.89. The number of aryl methyl sites for hydroxylation is 1. The first-order valence-electron chi connectivity index (χ1n) is 12.6. The van der Waals surface area contributed by atoms with Crippen molar-refractivity contribution in [2.75, 3.05) is 6.61 Å². The smallest absolute Gasteiger partial charge is 0.315 e. The quantitative estimate of drug-likeness (QED) is 0.159. The van der Waals surface area contributed by atoms with Crippen LogP contribution < -0.4 is 15.4 Å². The van der Waals surface area contributed by atoms with Crippen molar-refractivity contribution in [2.24, 2.45) is 0 Å². The molecule has 5 rings (SSSR count). The molecule has 0 spiro atoms. The zero-order valence-electron chi connectivity index (χ0n) is 21.5. The second-order valence-corrected chi connectivity index (χ2v) is 9.93. The van der Waals surface area contributed by atoms with E-state index in [1.807, 2.05) is 62.4 Å². The number of benzene rings is 3. The van der Waals surface area contributed by atoms with Crippen LogP contribution in [-0.4, -0.2) is 32.8 Å². The number of halogens is 2. The molecule has 10 heteroatoms. The number of aromatic amines is 2. The van der Waals surface area contributed by atoms with E-state index in [4.69, 9.17) is 32.9 Å². The first-order valence-corrected chi connectivity index (χ1v) is 13.4. The number of nitrogens with zero attached hydrogens (tertiary/aromatic N) is 2. The van der Waals surface area contributed by atoms with Crippen molar-refractivity contribution in [3.8, 4) is 17.0 Å². The number of hydrogen-bond donors (Lipinski definition) is 4. The summed E-state index contributed by atoms with van der Waals surface area (Å²) in [5.41, 5.74) is 5.07. The lowest BCUT2D eigenvalue weighted by atomic mass is 10.1. The van der Waals surface area contributed by atoms with Gasteiger partial charge in [0.05, 0.1) is 18.2 Å². The van der Waals surface area contributed by atoms with E-state index in [9.17, 15) is 4.79 Å². The maximum atomic E-state index is 13.1. The monoisotopic (exact) mass is 562 g/mol. The van der Waals surface area contributed by atoms with Gasteiger partial charge in [0.1, 0.15) is 22.4 Å². The molecule has 0 unspecified atom stereocenters. The number of urea groups is 1. The van der Waals surface area contributed by atoms with Crippen molar-refractivity contribution < 1.29 is 9.53 Å². The number of nitrogens with one attached hydrogen (secondary N) is 4. The number of amides is 2. The maximum Gasteiger partial charge on any atom is 0.315 e. The predicted molar refractivity (Wildman–Crippen MR) is 154 cm³/mol. The highest BCUT2D eigenvalue weighted by atomic mass is 35.5. The third-order valence-electron chi connectivity index (χ3n) is 6.38. The Hall–Kier alpha value is -4.01. The molecule has 4 N–H and O–H groups in total. The Labute approximate surface area is 236 Å². The van der Waals surface area contributed by atoms with Crippen molar-refractivity contribution in [1.82, 2.24) is 30.8 Å². The molecule has 0 radical (unpaired) electrons. The fourth-order valence-electron chi connectivity index (χ4n) is 4.45. The van der Waals surface area contributed by atoms with E-state index in [-0.39, 0.29) is 12.6 Å². The van der Waals surface area contributed by atoms with Crippen LogP contribution in [0.5, 0.6) is 5.75 Å². The van der Waals surface area contributed by atoms with Gasteiger partial charge in [0.25, 0.3) is 0 Å². The van der Waals surface area contributed by atoms with Gasteiger partial charge >= 0.3 is 6.03 Å². The van der Waals surface area contributed by atoms with Crippen LogP contribution in [0, 0.1) is 6.92 Å². The minimum atomic E-state index is -0.472. The highest BCUT2D eigenvalue weighted by molar-refractivity contribution is 6.32. The van der Waals surface area contributed by atoms with E-state index in [1.165, 1.54) is 0 Å². The summed E-state index contributed by atoms with van der Waals surface area (Å²) in [7, 11) is 0. The highest BCUT2D eigenvalue weighted by Crippen LogP contribution is 2.31. The SMILES string of the molecule is CCOc1ccc(Cl)cc1CNC(=O)N[C@@H](Cc1ccccc1)c1nc(-c2ccc3c(C)[nH]nc3c2)c(Cl)[nH]1. The predicted octanol–water partition coefficient (Wildman–Crippen LogP) is 6.75. The molecule has 8 nitrogen and oxygen atoms in total. The van der Waals surface area contributed by atoms with Gasteiger partial charge < -0.3 is 20.4 Å². The number of rotatable bonds is 9. The summed E-state index contributed by atoms with van der Waals surface area (Å²) >= 11 is 12.8. The van der Waals surface area contributed by atoms with Crippen LogP contribution in [0.25, 0.3) is 22.2 Å². The zero-order chi connectivity index (χ0) is 27.4. The van der Waals surface area contributed by atoms with Gasteiger partial charge in [-0.1, -0.05) is 65.7 Å². The molecule has 2 aromatic heterocycles. The molecule has 0 fully saturated rings. The Morgan fingerprint density at radius 1 is 1.08 bits per heavy atom. The average molecular weight is 563 g/mol. The van der Waals surface area contributed by atoms with Gasteiger partial charge in [-0.15, -0.1) is 0 Å². The average Bonchev–Trinajstić information content (AvgIpc) is 3.51. The number of carbonyl (C=O) groups is 1. The maximum absolute atomic E-state index is 13.1. The fraction of sp³-hybridized carbons (Fsp3) is 0.207. The Kier molecular flexibility index (Phi) is 8.05. The van der Waals surface area contributed by atoms with Gasteiger partial charge in [-0.3, -0.25) is 5.10 Å². The van der Waals surface area contributed by atoms with Crippen LogP contribution >= 0.6 is 23.2 Å². The van der Waals surface area contributed by atoms with Crippen molar-refractivity contribution >= 4 is 40.1 Å². The molecule has 5 aromatic rings. The molecule has 0 aliphatic carbocycles. The van der Waals surface area contributed by atoms with Crippen molar-refractivity contribution in [3.63, 3.8) is 0 Å². The van der Waals surface area contributed by atoms with Crippen LogP contribution in [0.15, 0.2) is 66.7 Å². The first-order chi connectivity index (χ1) is 18.9. The number of fused-ring (bicyclic) bond motifs is 1. The molecule has 0 saturated carbocycles. The van der Waals surface area contributed by atoms with E-state index < -0.39 is 6.04 Å². The lowest BCUT2D eigenvalue weighted by molar-refractivity contribution is 0.236. The van der Waals surface area contributed by atoms with Crippen LogP contribution in [0.2, 0.25) is 10.2 Å². The van der Waals surface area contributed by atoms with E-state index >= 15 is 0 Å². The largest absolute Gasteiger partial charge is 0.494 e. The molecular formula is C29H28Cl2N6O2. The van der Waals surface area contributed by atoms with E-state index in [0.717, 1.165) is 33.3 Å². The molecule has 0 aliphatic rings. The number of imidazole rings is 1. The summed E-state index contributed by atoms with van der Waals surface area (Å²) in [6, 6.07) is 20.3. The second-order valence-electron chi connectivity index (χ2n) is 9.12.